The first-order valence-electron chi connectivity index (χ1n) is 10.9. The Morgan fingerprint density at radius 3 is 2.14 bits per heavy atom. The fourth-order valence-corrected chi connectivity index (χ4v) is 3.54. The van der Waals surface area contributed by atoms with Crippen molar-refractivity contribution in [1.29, 1.82) is 0 Å². The number of nitrogens with zero attached hydrogens (tertiary/aromatic N) is 3. The summed E-state index contributed by atoms with van der Waals surface area (Å²) in [5, 5.41) is 7.38. The lowest BCUT2D eigenvalue weighted by atomic mass is 10.2. The molecule has 5 rings (SSSR count). The second-order valence-electron chi connectivity index (χ2n) is 7.55. The summed E-state index contributed by atoms with van der Waals surface area (Å²) >= 11 is 0. The lowest BCUT2D eigenvalue weighted by molar-refractivity contribution is 0.356. The Balaban J connectivity index is 1.49. The molecule has 0 aliphatic rings. The second kappa shape index (κ2) is 9.96. The molecule has 0 aliphatic carbocycles. The van der Waals surface area contributed by atoms with Crippen molar-refractivity contribution in [3.63, 3.8) is 0 Å². The molecule has 0 amide bonds. The van der Waals surface area contributed by atoms with Gasteiger partial charge in [-0.1, -0.05) is 18.2 Å². The minimum Gasteiger partial charge on any atom is -0.493 e. The molecular formula is C27H23N5O3. The molecule has 0 unspecified atom stereocenters. The van der Waals surface area contributed by atoms with Crippen LogP contribution >= 0.6 is 0 Å². The van der Waals surface area contributed by atoms with Crippen LogP contribution in [0, 0.1) is 0 Å². The van der Waals surface area contributed by atoms with Gasteiger partial charge in [-0.3, -0.25) is 4.98 Å². The highest BCUT2D eigenvalue weighted by Crippen LogP contribution is 2.36. The summed E-state index contributed by atoms with van der Waals surface area (Å²) in [7, 11) is 3.19. The Bertz CT molecular complexity index is 1430. The van der Waals surface area contributed by atoms with E-state index in [-0.39, 0.29) is 0 Å². The van der Waals surface area contributed by atoms with Gasteiger partial charge >= 0.3 is 0 Å². The van der Waals surface area contributed by atoms with Crippen LogP contribution in [0.5, 0.6) is 23.0 Å². The monoisotopic (exact) mass is 465 g/mol. The number of nitrogens with one attached hydrogen (secondary N) is 2. The first-order valence-corrected chi connectivity index (χ1v) is 10.9. The Morgan fingerprint density at radius 1 is 0.686 bits per heavy atom. The van der Waals surface area contributed by atoms with Crippen LogP contribution in [0.4, 0.5) is 23.1 Å². The third kappa shape index (κ3) is 5.06. The molecule has 0 aliphatic heterocycles. The predicted molar refractivity (Wildman–Crippen MR) is 136 cm³/mol. The molecule has 2 heterocycles. The summed E-state index contributed by atoms with van der Waals surface area (Å²) in [6.45, 7) is 0. The Morgan fingerprint density at radius 2 is 1.43 bits per heavy atom. The van der Waals surface area contributed by atoms with Crippen molar-refractivity contribution in [2.24, 2.45) is 0 Å². The highest BCUT2D eigenvalue weighted by molar-refractivity contribution is 5.94. The van der Waals surface area contributed by atoms with Gasteiger partial charge in [0.15, 0.2) is 11.5 Å². The number of ether oxygens (including phenoxy) is 3. The van der Waals surface area contributed by atoms with Gasteiger partial charge in [-0.25, -0.2) is 4.98 Å². The molecule has 8 nitrogen and oxygen atoms in total. The maximum atomic E-state index is 5.90. The number of methoxy groups -OCH3 is 2. The van der Waals surface area contributed by atoms with E-state index in [4.69, 9.17) is 19.2 Å². The zero-order chi connectivity index (χ0) is 24.0. The van der Waals surface area contributed by atoms with Gasteiger partial charge in [-0.15, -0.1) is 0 Å². The number of fused-ring (bicyclic) bond motifs is 1. The van der Waals surface area contributed by atoms with E-state index in [0.717, 1.165) is 28.3 Å². The standard InChI is InChI=1S/C27H23N5O3/c1-33-24-15-22-23(16-25(24)34-2)31-27(30-19-7-6-14-28-17-19)32-26(22)29-18-10-12-21(13-11-18)35-20-8-4-3-5-9-20/h3-17H,1-2H3,(H2,29,30,31,32). The van der Waals surface area contributed by atoms with Gasteiger partial charge in [-0.05, 0) is 54.6 Å². The number of hydrogen-bond donors (Lipinski definition) is 2. The van der Waals surface area contributed by atoms with E-state index in [1.807, 2.05) is 78.9 Å². The van der Waals surface area contributed by atoms with Crippen LogP contribution in [0.2, 0.25) is 0 Å². The van der Waals surface area contributed by atoms with Crippen LogP contribution in [0.15, 0.2) is 91.3 Å². The Labute approximate surface area is 202 Å². The lowest BCUT2D eigenvalue weighted by Crippen LogP contribution is -2.03. The van der Waals surface area contributed by atoms with Crippen LogP contribution in [-0.2, 0) is 0 Å². The second-order valence-corrected chi connectivity index (χ2v) is 7.55. The van der Waals surface area contributed by atoms with E-state index >= 15 is 0 Å². The van der Waals surface area contributed by atoms with Gasteiger partial charge in [-0.2, -0.15) is 4.98 Å². The van der Waals surface area contributed by atoms with Crippen LogP contribution in [0.3, 0.4) is 0 Å². The van der Waals surface area contributed by atoms with E-state index in [0.29, 0.717) is 28.8 Å². The first-order chi connectivity index (χ1) is 17.2. The number of anilines is 4. The van der Waals surface area contributed by atoms with Gasteiger partial charge in [0.2, 0.25) is 5.95 Å². The SMILES string of the molecule is COc1cc2nc(Nc3cccnc3)nc(Nc3ccc(Oc4ccccc4)cc3)c2cc1OC. The maximum Gasteiger partial charge on any atom is 0.229 e. The number of rotatable bonds is 8. The van der Waals surface area contributed by atoms with E-state index < -0.39 is 0 Å². The molecule has 0 radical (unpaired) electrons. The van der Waals surface area contributed by atoms with Crippen molar-refractivity contribution in [1.82, 2.24) is 15.0 Å². The summed E-state index contributed by atoms with van der Waals surface area (Å²) in [6, 6.07) is 24.7. The van der Waals surface area contributed by atoms with E-state index in [1.54, 1.807) is 26.6 Å². The van der Waals surface area contributed by atoms with Crippen molar-refractivity contribution in [2.75, 3.05) is 24.9 Å². The molecule has 2 aromatic heterocycles. The van der Waals surface area contributed by atoms with Gasteiger partial charge < -0.3 is 24.8 Å². The van der Waals surface area contributed by atoms with Crippen molar-refractivity contribution in [3.05, 3.63) is 91.3 Å². The molecule has 0 bridgehead atoms. The molecular weight excluding hydrogens is 442 g/mol. The third-order valence-corrected chi connectivity index (χ3v) is 5.21. The molecule has 0 fully saturated rings. The summed E-state index contributed by atoms with van der Waals surface area (Å²) < 4.78 is 16.9. The van der Waals surface area contributed by atoms with Gasteiger partial charge in [0.25, 0.3) is 0 Å². The fraction of sp³-hybridized carbons (Fsp3) is 0.0741. The van der Waals surface area contributed by atoms with Crippen molar-refractivity contribution in [3.8, 4) is 23.0 Å². The van der Waals surface area contributed by atoms with E-state index in [1.165, 1.54) is 0 Å². The summed E-state index contributed by atoms with van der Waals surface area (Å²) in [4.78, 5) is 13.5. The average Bonchev–Trinajstić information content (AvgIpc) is 2.90. The Kier molecular flexibility index (Phi) is 6.25. The van der Waals surface area contributed by atoms with Crippen LogP contribution in [0.25, 0.3) is 10.9 Å². The number of pyridine rings is 1. The molecule has 0 saturated heterocycles. The molecule has 2 N–H and O–H groups in total. The van der Waals surface area contributed by atoms with Gasteiger partial charge in [0.1, 0.15) is 17.3 Å². The van der Waals surface area contributed by atoms with Crippen LogP contribution in [-0.4, -0.2) is 29.2 Å². The topological polar surface area (TPSA) is 90.4 Å². The largest absolute Gasteiger partial charge is 0.493 e. The number of aromatic nitrogens is 3. The molecule has 35 heavy (non-hydrogen) atoms. The first kappa shape index (κ1) is 22.0. The Hall–Kier alpha value is -4.85. The van der Waals surface area contributed by atoms with Crippen molar-refractivity contribution >= 4 is 34.0 Å². The average molecular weight is 466 g/mol. The van der Waals surface area contributed by atoms with Crippen molar-refractivity contribution in [2.45, 2.75) is 0 Å². The molecule has 0 saturated carbocycles. The molecule has 8 heteroatoms. The zero-order valence-electron chi connectivity index (χ0n) is 19.2. The number of para-hydroxylation sites is 1. The zero-order valence-corrected chi connectivity index (χ0v) is 19.2. The lowest BCUT2D eigenvalue weighted by Gasteiger charge is -2.15. The predicted octanol–water partition coefficient (Wildman–Crippen LogP) is 6.32. The fourth-order valence-electron chi connectivity index (χ4n) is 3.54. The molecule has 3 aromatic carbocycles. The van der Waals surface area contributed by atoms with Gasteiger partial charge in [0, 0.05) is 23.3 Å². The van der Waals surface area contributed by atoms with Crippen LogP contribution < -0.4 is 24.8 Å². The minimum atomic E-state index is 0.421. The molecule has 0 atom stereocenters. The number of benzene rings is 3. The third-order valence-electron chi connectivity index (χ3n) is 5.21. The highest BCUT2D eigenvalue weighted by atomic mass is 16.5. The van der Waals surface area contributed by atoms with E-state index in [9.17, 15) is 0 Å². The van der Waals surface area contributed by atoms with E-state index in [2.05, 4.69) is 20.6 Å². The quantitative estimate of drug-likeness (QED) is 0.275. The van der Waals surface area contributed by atoms with Crippen LogP contribution in [0.1, 0.15) is 0 Å². The van der Waals surface area contributed by atoms with Gasteiger partial charge in [0.05, 0.1) is 31.6 Å². The van der Waals surface area contributed by atoms with Crippen molar-refractivity contribution < 1.29 is 14.2 Å². The normalized spacial score (nSPS) is 10.6. The summed E-state index contributed by atoms with van der Waals surface area (Å²) in [5.41, 5.74) is 2.31. The molecule has 0 spiro atoms. The number of hydrogen-bond acceptors (Lipinski definition) is 8. The smallest absolute Gasteiger partial charge is 0.229 e. The molecule has 174 valence electrons. The summed E-state index contributed by atoms with van der Waals surface area (Å²) in [5.74, 6) is 3.72. The molecule has 5 aromatic rings. The summed E-state index contributed by atoms with van der Waals surface area (Å²) in [6.07, 6.45) is 3.42. The maximum absolute atomic E-state index is 5.90. The highest BCUT2D eigenvalue weighted by Gasteiger charge is 2.14. The minimum absolute atomic E-state index is 0.421.